The Morgan fingerprint density at radius 1 is 1.21 bits per heavy atom. The molecule has 0 heterocycles. The van der Waals surface area contributed by atoms with Gasteiger partial charge in [0, 0.05) is 11.8 Å². The van der Waals surface area contributed by atoms with Gasteiger partial charge >= 0.3 is 0 Å². The number of carbonyl (C=O) groups excluding carboxylic acids is 1. The highest BCUT2D eigenvalue weighted by atomic mass is 16.3. The summed E-state index contributed by atoms with van der Waals surface area (Å²) < 4.78 is 0. The molecular formula is C12H18O2. The third-order valence-corrected chi connectivity index (χ3v) is 3.67. The number of hydrogen-bond donors (Lipinski definition) is 1. The molecule has 0 radical (unpaired) electrons. The molecule has 0 aromatic rings. The Morgan fingerprint density at radius 3 is 2.29 bits per heavy atom. The second-order valence-corrected chi connectivity index (χ2v) is 4.59. The van der Waals surface area contributed by atoms with Crippen molar-refractivity contribution < 1.29 is 9.90 Å². The first-order valence-electron chi connectivity index (χ1n) is 5.67. The SMILES string of the molecule is O=CC1CCC(C(O)=C2CCC2)CC1. The van der Waals surface area contributed by atoms with E-state index in [1.54, 1.807) is 0 Å². The fourth-order valence-electron chi connectivity index (χ4n) is 2.43. The zero-order valence-corrected chi connectivity index (χ0v) is 8.54. The molecule has 2 nitrogen and oxygen atoms in total. The van der Waals surface area contributed by atoms with Gasteiger partial charge < -0.3 is 9.90 Å². The van der Waals surface area contributed by atoms with Crippen LogP contribution in [0, 0.1) is 11.8 Å². The Balaban J connectivity index is 1.91. The minimum absolute atomic E-state index is 0.255. The van der Waals surface area contributed by atoms with Gasteiger partial charge in [-0.3, -0.25) is 0 Å². The van der Waals surface area contributed by atoms with Gasteiger partial charge in [-0.1, -0.05) is 0 Å². The number of aliphatic hydroxyl groups is 1. The molecule has 2 heteroatoms. The average molecular weight is 194 g/mol. The fourth-order valence-corrected chi connectivity index (χ4v) is 2.43. The number of aliphatic hydroxyl groups excluding tert-OH is 1. The minimum atomic E-state index is 0.255. The van der Waals surface area contributed by atoms with Crippen molar-refractivity contribution in [2.45, 2.75) is 44.9 Å². The van der Waals surface area contributed by atoms with E-state index in [9.17, 15) is 9.90 Å². The molecule has 1 N–H and O–H groups in total. The lowest BCUT2D eigenvalue weighted by Crippen LogP contribution is -2.19. The van der Waals surface area contributed by atoms with E-state index in [4.69, 9.17) is 0 Å². The molecule has 2 aliphatic carbocycles. The Kier molecular flexibility index (Phi) is 2.90. The predicted octanol–water partition coefficient (Wildman–Crippen LogP) is 2.99. The summed E-state index contributed by atoms with van der Waals surface area (Å²) >= 11 is 0. The van der Waals surface area contributed by atoms with Crippen molar-refractivity contribution in [1.29, 1.82) is 0 Å². The number of allylic oxidation sites excluding steroid dienone is 2. The molecule has 14 heavy (non-hydrogen) atoms. The average Bonchev–Trinajstić information content (AvgIpc) is 2.15. The van der Waals surface area contributed by atoms with E-state index in [0.717, 1.165) is 44.8 Å². The molecule has 0 saturated heterocycles. The molecule has 0 amide bonds. The highest BCUT2D eigenvalue weighted by Crippen LogP contribution is 2.37. The van der Waals surface area contributed by atoms with Crippen LogP contribution in [0.1, 0.15) is 44.9 Å². The van der Waals surface area contributed by atoms with E-state index in [1.165, 1.54) is 12.0 Å². The fraction of sp³-hybridized carbons (Fsp3) is 0.750. The van der Waals surface area contributed by atoms with Crippen molar-refractivity contribution in [2.75, 3.05) is 0 Å². The second kappa shape index (κ2) is 4.16. The lowest BCUT2D eigenvalue weighted by atomic mass is 9.78. The van der Waals surface area contributed by atoms with E-state index in [1.807, 2.05) is 0 Å². The number of aldehydes is 1. The van der Waals surface area contributed by atoms with E-state index in [2.05, 4.69) is 0 Å². The van der Waals surface area contributed by atoms with Gasteiger partial charge in [-0.05, 0) is 50.5 Å². The summed E-state index contributed by atoms with van der Waals surface area (Å²) in [7, 11) is 0. The highest BCUT2D eigenvalue weighted by Gasteiger charge is 2.26. The summed E-state index contributed by atoms with van der Waals surface area (Å²) in [6.07, 6.45) is 8.43. The number of carbonyl (C=O) groups is 1. The summed E-state index contributed by atoms with van der Waals surface area (Å²) in [5, 5.41) is 9.94. The zero-order valence-electron chi connectivity index (χ0n) is 8.54. The highest BCUT2D eigenvalue weighted by molar-refractivity contribution is 5.53. The van der Waals surface area contributed by atoms with Crippen molar-refractivity contribution in [3.8, 4) is 0 Å². The van der Waals surface area contributed by atoms with Gasteiger partial charge in [0.1, 0.15) is 6.29 Å². The summed E-state index contributed by atoms with van der Waals surface area (Å²) in [5.74, 6) is 1.28. The first-order chi connectivity index (χ1) is 6.81. The maximum absolute atomic E-state index is 10.6. The standard InChI is InChI=1S/C12H18O2/c13-8-9-4-6-11(7-5-9)12(14)10-2-1-3-10/h8-9,11,14H,1-7H2. The Labute approximate surface area is 85.0 Å². The maximum atomic E-state index is 10.6. The molecule has 0 atom stereocenters. The summed E-state index contributed by atoms with van der Waals surface area (Å²) in [5.41, 5.74) is 1.28. The van der Waals surface area contributed by atoms with Gasteiger partial charge in [0.25, 0.3) is 0 Å². The van der Waals surface area contributed by atoms with E-state index in [-0.39, 0.29) is 5.92 Å². The largest absolute Gasteiger partial charge is 0.512 e. The maximum Gasteiger partial charge on any atom is 0.123 e. The molecule has 2 aliphatic rings. The van der Waals surface area contributed by atoms with E-state index < -0.39 is 0 Å². The van der Waals surface area contributed by atoms with Gasteiger partial charge in [-0.2, -0.15) is 0 Å². The molecule has 0 bridgehead atoms. The van der Waals surface area contributed by atoms with Crippen molar-refractivity contribution in [2.24, 2.45) is 11.8 Å². The molecular weight excluding hydrogens is 176 g/mol. The van der Waals surface area contributed by atoms with Crippen LogP contribution in [-0.4, -0.2) is 11.4 Å². The van der Waals surface area contributed by atoms with Crippen molar-refractivity contribution in [3.63, 3.8) is 0 Å². The van der Waals surface area contributed by atoms with Gasteiger partial charge in [-0.25, -0.2) is 0 Å². The van der Waals surface area contributed by atoms with Crippen LogP contribution < -0.4 is 0 Å². The van der Waals surface area contributed by atoms with Crippen LogP contribution in [0.15, 0.2) is 11.3 Å². The molecule has 78 valence electrons. The quantitative estimate of drug-likeness (QED) is 0.542. The summed E-state index contributed by atoms with van der Waals surface area (Å²) in [6, 6.07) is 0. The number of rotatable bonds is 2. The molecule has 0 aromatic carbocycles. The monoisotopic (exact) mass is 194 g/mol. The van der Waals surface area contributed by atoms with Gasteiger partial charge in [0.2, 0.25) is 0 Å². The molecule has 2 rings (SSSR count). The van der Waals surface area contributed by atoms with Crippen LogP contribution in [0.2, 0.25) is 0 Å². The van der Waals surface area contributed by atoms with Crippen molar-refractivity contribution >= 4 is 6.29 Å². The van der Waals surface area contributed by atoms with Crippen LogP contribution in [0.25, 0.3) is 0 Å². The predicted molar refractivity (Wildman–Crippen MR) is 55.0 cm³/mol. The van der Waals surface area contributed by atoms with Crippen LogP contribution in [-0.2, 0) is 4.79 Å². The third-order valence-electron chi connectivity index (χ3n) is 3.67. The van der Waals surface area contributed by atoms with Crippen LogP contribution >= 0.6 is 0 Å². The topological polar surface area (TPSA) is 37.3 Å². The molecule has 0 aromatic heterocycles. The Bertz CT molecular complexity index is 241. The Hall–Kier alpha value is -0.790. The second-order valence-electron chi connectivity index (χ2n) is 4.59. The third kappa shape index (κ3) is 1.84. The van der Waals surface area contributed by atoms with Crippen LogP contribution in [0.3, 0.4) is 0 Å². The first-order valence-corrected chi connectivity index (χ1v) is 5.67. The molecule has 2 fully saturated rings. The van der Waals surface area contributed by atoms with Crippen molar-refractivity contribution in [1.82, 2.24) is 0 Å². The van der Waals surface area contributed by atoms with Crippen molar-refractivity contribution in [3.05, 3.63) is 11.3 Å². The zero-order chi connectivity index (χ0) is 9.97. The minimum Gasteiger partial charge on any atom is -0.512 e. The summed E-state index contributed by atoms with van der Waals surface area (Å²) in [4.78, 5) is 10.6. The lowest BCUT2D eigenvalue weighted by molar-refractivity contribution is -0.112. The Morgan fingerprint density at radius 2 is 1.86 bits per heavy atom. The summed E-state index contributed by atoms with van der Waals surface area (Å²) in [6.45, 7) is 0. The van der Waals surface area contributed by atoms with E-state index >= 15 is 0 Å². The molecule has 0 unspecified atom stereocenters. The lowest BCUT2D eigenvalue weighted by Gasteiger charge is -2.28. The van der Waals surface area contributed by atoms with Gasteiger partial charge in [-0.15, -0.1) is 0 Å². The van der Waals surface area contributed by atoms with Gasteiger partial charge in [0.05, 0.1) is 5.76 Å². The molecule has 2 saturated carbocycles. The number of hydrogen-bond acceptors (Lipinski definition) is 2. The van der Waals surface area contributed by atoms with Crippen LogP contribution in [0.4, 0.5) is 0 Å². The van der Waals surface area contributed by atoms with Gasteiger partial charge in [0.15, 0.2) is 0 Å². The molecule has 0 aliphatic heterocycles. The van der Waals surface area contributed by atoms with Crippen LogP contribution in [0.5, 0.6) is 0 Å². The first kappa shape index (κ1) is 9.75. The smallest absolute Gasteiger partial charge is 0.123 e. The van der Waals surface area contributed by atoms with E-state index in [0.29, 0.717) is 11.7 Å². The molecule has 0 spiro atoms. The normalized spacial score (nSPS) is 32.1.